The minimum Gasteiger partial charge on any atom is -0.409 e. The standard InChI is InChI=1S/C11H11F4N3O2/c1-11(2,9(16)18-20)10(19)17-8-6(14)4(12)3-5(13)7(8)15/h3,20H,1-2H3,(H2,16,18)(H,17,19). The van der Waals surface area contributed by atoms with Gasteiger partial charge in [0.15, 0.2) is 29.1 Å². The topological polar surface area (TPSA) is 87.7 Å². The number of nitrogens with one attached hydrogen (secondary N) is 1. The Kier molecular flexibility index (Phi) is 4.21. The first-order valence-electron chi connectivity index (χ1n) is 5.25. The van der Waals surface area contributed by atoms with Gasteiger partial charge in [-0.05, 0) is 13.8 Å². The number of nitrogens with zero attached hydrogens (tertiary/aromatic N) is 1. The van der Waals surface area contributed by atoms with Gasteiger partial charge in [0.2, 0.25) is 5.91 Å². The van der Waals surface area contributed by atoms with Crippen LogP contribution in [-0.4, -0.2) is 17.0 Å². The lowest BCUT2D eigenvalue weighted by molar-refractivity contribution is -0.121. The lowest BCUT2D eigenvalue weighted by Crippen LogP contribution is -2.42. The van der Waals surface area contributed by atoms with Crippen molar-refractivity contribution in [3.8, 4) is 0 Å². The molecule has 0 radical (unpaired) electrons. The zero-order valence-electron chi connectivity index (χ0n) is 10.5. The summed E-state index contributed by atoms with van der Waals surface area (Å²) in [4.78, 5) is 11.8. The van der Waals surface area contributed by atoms with Crippen molar-refractivity contribution in [3.05, 3.63) is 29.3 Å². The Hall–Kier alpha value is -2.32. The van der Waals surface area contributed by atoms with Crippen LogP contribution in [0, 0.1) is 28.7 Å². The summed E-state index contributed by atoms with van der Waals surface area (Å²) >= 11 is 0. The summed E-state index contributed by atoms with van der Waals surface area (Å²) in [5.41, 5.74) is 2.30. The summed E-state index contributed by atoms with van der Waals surface area (Å²) in [5.74, 6) is -8.51. The highest BCUT2D eigenvalue weighted by molar-refractivity contribution is 6.11. The van der Waals surface area contributed by atoms with Crippen LogP contribution in [0.2, 0.25) is 0 Å². The summed E-state index contributed by atoms with van der Waals surface area (Å²) in [6.07, 6.45) is 0. The maximum atomic E-state index is 13.4. The van der Waals surface area contributed by atoms with Gasteiger partial charge in [0.25, 0.3) is 0 Å². The Labute approximate surface area is 111 Å². The van der Waals surface area contributed by atoms with Gasteiger partial charge < -0.3 is 16.3 Å². The Morgan fingerprint density at radius 3 is 2.10 bits per heavy atom. The van der Waals surface area contributed by atoms with Gasteiger partial charge in [0, 0.05) is 6.07 Å². The predicted octanol–water partition coefficient (Wildman–Crippen LogP) is 1.95. The smallest absolute Gasteiger partial charge is 0.237 e. The summed E-state index contributed by atoms with van der Waals surface area (Å²) < 4.78 is 52.7. The minimum atomic E-state index is -1.76. The van der Waals surface area contributed by atoms with Crippen molar-refractivity contribution in [2.75, 3.05) is 5.32 Å². The van der Waals surface area contributed by atoms with Gasteiger partial charge in [-0.25, -0.2) is 17.6 Å². The van der Waals surface area contributed by atoms with Gasteiger partial charge in [-0.2, -0.15) is 0 Å². The quantitative estimate of drug-likeness (QED) is 0.199. The first-order valence-corrected chi connectivity index (χ1v) is 5.25. The van der Waals surface area contributed by atoms with Gasteiger partial charge in [-0.1, -0.05) is 5.16 Å². The van der Waals surface area contributed by atoms with Crippen LogP contribution in [0.15, 0.2) is 11.2 Å². The first kappa shape index (κ1) is 15.7. The van der Waals surface area contributed by atoms with E-state index in [4.69, 9.17) is 10.9 Å². The van der Waals surface area contributed by atoms with Crippen molar-refractivity contribution in [1.29, 1.82) is 0 Å². The number of amides is 1. The molecule has 0 aliphatic rings. The average molecular weight is 293 g/mol. The van der Waals surface area contributed by atoms with E-state index in [0.717, 1.165) is 0 Å². The van der Waals surface area contributed by atoms with Crippen LogP contribution in [0.25, 0.3) is 0 Å². The van der Waals surface area contributed by atoms with Crippen molar-refractivity contribution >= 4 is 17.4 Å². The molecule has 0 aliphatic carbocycles. The molecule has 0 bridgehead atoms. The van der Waals surface area contributed by atoms with E-state index in [1.165, 1.54) is 13.8 Å². The molecule has 9 heteroatoms. The predicted molar refractivity (Wildman–Crippen MR) is 62.1 cm³/mol. The SMILES string of the molecule is CC(C)(C(=O)Nc1c(F)c(F)cc(F)c1F)/C(N)=N/O. The Balaban J connectivity index is 3.21. The van der Waals surface area contributed by atoms with E-state index in [0.29, 0.717) is 0 Å². The van der Waals surface area contributed by atoms with E-state index in [9.17, 15) is 22.4 Å². The molecular formula is C11H11F4N3O2. The van der Waals surface area contributed by atoms with Crippen LogP contribution in [-0.2, 0) is 4.79 Å². The van der Waals surface area contributed by atoms with Crippen LogP contribution in [0.1, 0.15) is 13.8 Å². The van der Waals surface area contributed by atoms with Gasteiger partial charge in [-0.15, -0.1) is 0 Å². The largest absolute Gasteiger partial charge is 0.409 e. The van der Waals surface area contributed by atoms with E-state index >= 15 is 0 Å². The Bertz CT molecular complexity index is 561. The highest BCUT2D eigenvalue weighted by Gasteiger charge is 2.34. The fourth-order valence-electron chi connectivity index (χ4n) is 1.19. The highest BCUT2D eigenvalue weighted by atomic mass is 19.2. The number of oxime groups is 1. The number of hydrogen-bond acceptors (Lipinski definition) is 3. The van der Waals surface area contributed by atoms with Gasteiger partial charge in [0.1, 0.15) is 11.1 Å². The molecular weight excluding hydrogens is 282 g/mol. The number of anilines is 1. The summed E-state index contributed by atoms with van der Waals surface area (Å²) in [6.45, 7) is 2.37. The van der Waals surface area contributed by atoms with Crippen LogP contribution in [0.5, 0.6) is 0 Å². The normalized spacial score (nSPS) is 12.4. The van der Waals surface area contributed by atoms with Crippen LogP contribution in [0.3, 0.4) is 0 Å². The lowest BCUT2D eigenvalue weighted by atomic mass is 9.91. The molecule has 0 aliphatic heterocycles. The molecule has 1 aromatic rings. The molecule has 1 amide bonds. The molecule has 0 aromatic heterocycles. The molecule has 20 heavy (non-hydrogen) atoms. The number of halogens is 4. The number of amidine groups is 1. The molecule has 0 heterocycles. The van der Waals surface area contributed by atoms with Crippen molar-refractivity contribution in [3.63, 3.8) is 0 Å². The number of nitrogens with two attached hydrogens (primary N) is 1. The Morgan fingerprint density at radius 1 is 1.25 bits per heavy atom. The molecule has 0 unspecified atom stereocenters. The number of rotatable bonds is 3. The molecule has 1 aromatic carbocycles. The summed E-state index contributed by atoms with van der Waals surface area (Å²) in [7, 11) is 0. The third kappa shape index (κ3) is 2.65. The second-order valence-corrected chi connectivity index (χ2v) is 4.41. The van der Waals surface area contributed by atoms with Gasteiger partial charge in [0.05, 0.1) is 0 Å². The summed E-state index contributed by atoms with van der Waals surface area (Å²) in [5, 5.41) is 12.8. The molecule has 0 atom stereocenters. The zero-order valence-corrected chi connectivity index (χ0v) is 10.5. The molecule has 1 rings (SSSR count). The van der Waals surface area contributed by atoms with E-state index in [2.05, 4.69) is 5.16 Å². The number of benzene rings is 1. The van der Waals surface area contributed by atoms with Crippen LogP contribution in [0.4, 0.5) is 23.2 Å². The fourth-order valence-corrected chi connectivity index (χ4v) is 1.19. The molecule has 0 saturated heterocycles. The number of carbonyl (C=O) groups excluding carboxylic acids is 1. The van der Waals surface area contributed by atoms with Gasteiger partial charge >= 0.3 is 0 Å². The first-order chi connectivity index (χ1) is 9.12. The van der Waals surface area contributed by atoms with E-state index in [1.807, 2.05) is 0 Å². The molecule has 0 spiro atoms. The van der Waals surface area contributed by atoms with E-state index < -0.39 is 46.1 Å². The zero-order chi connectivity index (χ0) is 15.7. The Morgan fingerprint density at radius 2 is 1.70 bits per heavy atom. The van der Waals surface area contributed by atoms with Crippen molar-refractivity contribution in [1.82, 2.24) is 0 Å². The maximum absolute atomic E-state index is 13.4. The molecule has 0 saturated carbocycles. The van der Waals surface area contributed by atoms with Crippen LogP contribution < -0.4 is 11.1 Å². The monoisotopic (exact) mass is 293 g/mol. The number of hydrogen-bond donors (Lipinski definition) is 3. The highest BCUT2D eigenvalue weighted by Crippen LogP contribution is 2.26. The van der Waals surface area contributed by atoms with Crippen molar-refractivity contribution in [2.45, 2.75) is 13.8 Å². The number of carbonyl (C=O) groups is 1. The lowest BCUT2D eigenvalue weighted by Gasteiger charge is -2.22. The second kappa shape index (κ2) is 5.35. The molecule has 110 valence electrons. The minimum absolute atomic E-state index is 0.00894. The maximum Gasteiger partial charge on any atom is 0.237 e. The second-order valence-electron chi connectivity index (χ2n) is 4.41. The van der Waals surface area contributed by atoms with Crippen molar-refractivity contribution < 1.29 is 27.6 Å². The third-order valence-corrected chi connectivity index (χ3v) is 2.67. The molecule has 0 fully saturated rings. The third-order valence-electron chi connectivity index (χ3n) is 2.67. The molecule has 5 nitrogen and oxygen atoms in total. The van der Waals surface area contributed by atoms with Gasteiger partial charge in [-0.3, -0.25) is 4.79 Å². The van der Waals surface area contributed by atoms with E-state index in [1.54, 1.807) is 5.32 Å². The van der Waals surface area contributed by atoms with Crippen LogP contribution >= 0.6 is 0 Å². The summed E-state index contributed by atoms with van der Waals surface area (Å²) in [6, 6.07) is 0.00894. The molecule has 4 N–H and O–H groups in total. The van der Waals surface area contributed by atoms with E-state index in [-0.39, 0.29) is 6.07 Å². The fraction of sp³-hybridized carbons (Fsp3) is 0.273. The van der Waals surface area contributed by atoms with Crippen molar-refractivity contribution in [2.24, 2.45) is 16.3 Å². The average Bonchev–Trinajstić information content (AvgIpc) is 2.39.